The van der Waals surface area contributed by atoms with Gasteiger partial charge in [-0.25, -0.2) is 0 Å². The zero-order valence-corrected chi connectivity index (χ0v) is 13.7. The molecule has 0 bridgehead atoms. The van der Waals surface area contributed by atoms with E-state index in [2.05, 4.69) is 11.8 Å². The van der Waals surface area contributed by atoms with E-state index in [0.717, 1.165) is 48.0 Å². The normalized spacial score (nSPS) is 19.5. The van der Waals surface area contributed by atoms with Crippen molar-refractivity contribution in [2.75, 3.05) is 26.7 Å². The largest absolute Gasteiger partial charge is 0.496 e. The summed E-state index contributed by atoms with van der Waals surface area (Å²) in [6.45, 7) is 9.47. The number of Topliss-reactive ketones (excluding diaryl/α,β-unsaturated/α-hetero) is 1. The minimum absolute atomic E-state index is 0.247. The van der Waals surface area contributed by atoms with Gasteiger partial charge in [0.15, 0.2) is 5.78 Å². The Balaban J connectivity index is 1.99. The van der Waals surface area contributed by atoms with Gasteiger partial charge in [-0.3, -0.25) is 4.79 Å². The monoisotopic (exact) mass is 289 g/mol. The molecule has 1 aromatic carbocycles. The van der Waals surface area contributed by atoms with Crippen LogP contribution in [0.2, 0.25) is 0 Å². The van der Waals surface area contributed by atoms with Gasteiger partial charge < -0.3 is 9.64 Å². The molecule has 3 nitrogen and oxygen atoms in total. The molecular weight excluding hydrogens is 262 g/mol. The van der Waals surface area contributed by atoms with Crippen molar-refractivity contribution in [2.45, 2.75) is 40.0 Å². The minimum atomic E-state index is 0.247. The molecule has 116 valence electrons. The zero-order chi connectivity index (χ0) is 15.4. The SMILES string of the molecule is COc1ccc(C(=O)CCN2CCCC(C)C2)c(C)c1C. The predicted molar refractivity (Wildman–Crippen MR) is 86.3 cm³/mol. The Kier molecular flexibility index (Phi) is 5.40. The van der Waals surface area contributed by atoms with Gasteiger partial charge in [0.1, 0.15) is 5.75 Å². The number of nitrogens with zero attached hydrogens (tertiary/aromatic N) is 1. The van der Waals surface area contributed by atoms with Crippen LogP contribution in [-0.2, 0) is 0 Å². The second-order valence-electron chi connectivity index (χ2n) is 6.29. The first-order valence-electron chi connectivity index (χ1n) is 7.92. The first kappa shape index (κ1) is 16.0. The maximum Gasteiger partial charge on any atom is 0.164 e. The van der Waals surface area contributed by atoms with Crippen molar-refractivity contribution in [2.24, 2.45) is 5.92 Å². The van der Waals surface area contributed by atoms with Crippen molar-refractivity contribution < 1.29 is 9.53 Å². The number of ether oxygens (including phenoxy) is 1. The Bertz CT molecular complexity index is 510. The Labute approximate surface area is 128 Å². The van der Waals surface area contributed by atoms with E-state index in [1.54, 1.807) is 7.11 Å². The molecule has 1 saturated heterocycles. The molecule has 0 N–H and O–H groups in total. The maximum absolute atomic E-state index is 12.5. The average molecular weight is 289 g/mol. The number of benzene rings is 1. The highest BCUT2D eigenvalue weighted by Gasteiger charge is 2.18. The molecule has 0 amide bonds. The van der Waals surface area contributed by atoms with E-state index >= 15 is 0 Å². The molecule has 1 unspecified atom stereocenters. The zero-order valence-electron chi connectivity index (χ0n) is 13.7. The third-order valence-electron chi connectivity index (χ3n) is 4.65. The Hall–Kier alpha value is -1.35. The second kappa shape index (κ2) is 7.08. The lowest BCUT2D eigenvalue weighted by molar-refractivity contribution is 0.0948. The number of rotatable bonds is 5. The molecule has 1 fully saturated rings. The summed E-state index contributed by atoms with van der Waals surface area (Å²) >= 11 is 0. The first-order valence-corrected chi connectivity index (χ1v) is 7.92. The van der Waals surface area contributed by atoms with Gasteiger partial charge in [-0.2, -0.15) is 0 Å². The number of hydrogen-bond acceptors (Lipinski definition) is 3. The van der Waals surface area contributed by atoms with Gasteiger partial charge in [0, 0.05) is 25.1 Å². The first-order chi connectivity index (χ1) is 10.0. The smallest absolute Gasteiger partial charge is 0.164 e. The van der Waals surface area contributed by atoms with Gasteiger partial charge >= 0.3 is 0 Å². The summed E-state index contributed by atoms with van der Waals surface area (Å²) in [5.74, 6) is 1.87. The van der Waals surface area contributed by atoms with Crippen LogP contribution in [0, 0.1) is 19.8 Å². The number of carbonyl (C=O) groups is 1. The summed E-state index contributed by atoms with van der Waals surface area (Å²) < 4.78 is 5.31. The third-order valence-corrected chi connectivity index (χ3v) is 4.65. The lowest BCUT2D eigenvalue weighted by Gasteiger charge is -2.30. The molecule has 3 heteroatoms. The Morgan fingerprint density at radius 1 is 1.33 bits per heavy atom. The molecule has 1 atom stereocenters. The molecule has 2 rings (SSSR count). The van der Waals surface area contributed by atoms with Crippen LogP contribution < -0.4 is 4.74 Å². The van der Waals surface area contributed by atoms with Crippen LogP contribution in [0.25, 0.3) is 0 Å². The Morgan fingerprint density at radius 2 is 2.10 bits per heavy atom. The predicted octanol–water partition coefficient (Wildman–Crippen LogP) is 3.62. The van der Waals surface area contributed by atoms with E-state index in [0.29, 0.717) is 6.42 Å². The second-order valence-corrected chi connectivity index (χ2v) is 6.29. The molecule has 1 aliphatic heterocycles. The summed E-state index contributed by atoms with van der Waals surface area (Å²) in [5, 5.41) is 0. The highest BCUT2D eigenvalue weighted by atomic mass is 16.5. The molecule has 1 heterocycles. The number of hydrogen-bond donors (Lipinski definition) is 0. The van der Waals surface area contributed by atoms with Crippen LogP contribution in [0.15, 0.2) is 12.1 Å². The summed E-state index contributed by atoms with van der Waals surface area (Å²) in [5.41, 5.74) is 2.96. The van der Waals surface area contributed by atoms with Crippen LogP contribution in [0.1, 0.15) is 47.7 Å². The molecular formula is C18H27NO2. The highest BCUT2D eigenvalue weighted by Crippen LogP contribution is 2.25. The van der Waals surface area contributed by atoms with Crippen molar-refractivity contribution in [3.8, 4) is 5.75 Å². The maximum atomic E-state index is 12.5. The van der Waals surface area contributed by atoms with Crippen molar-refractivity contribution in [3.05, 3.63) is 28.8 Å². The lowest BCUT2D eigenvalue weighted by Crippen LogP contribution is -2.35. The van der Waals surface area contributed by atoms with E-state index in [4.69, 9.17) is 4.74 Å². The number of ketones is 1. The highest BCUT2D eigenvalue weighted by molar-refractivity contribution is 5.98. The molecule has 0 spiro atoms. The topological polar surface area (TPSA) is 29.5 Å². The van der Waals surface area contributed by atoms with Crippen molar-refractivity contribution >= 4 is 5.78 Å². The van der Waals surface area contributed by atoms with Gasteiger partial charge in [0.2, 0.25) is 0 Å². The van der Waals surface area contributed by atoms with Gasteiger partial charge in [0.05, 0.1) is 7.11 Å². The van der Waals surface area contributed by atoms with E-state index in [-0.39, 0.29) is 5.78 Å². The lowest BCUT2D eigenvalue weighted by atomic mass is 9.96. The van der Waals surface area contributed by atoms with E-state index in [9.17, 15) is 4.79 Å². The third kappa shape index (κ3) is 3.85. The summed E-state index contributed by atoms with van der Waals surface area (Å²) in [7, 11) is 1.67. The molecule has 0 saturated carbocycles. The van der Waals surface area contributed by atoms with E-state index < -0.39 is 0 Å². The van der Waals surface area contributed by atoms with Crippen molar-refractivity contribution in [1.29, 1.82) is 0 Å². The summed E-state index contributed by atoms with van der Waals surface area (Å²) in [6, 6.07) is 3.81. The molecule has 1 aliphatic rings. The van der Waals surface area contributed by atoms with Gasteiger partial charge in [0.25, 0.3) is 0 Å². The summed E-state index contributed by atoms with van der Waals surface area (Å²) in [6.07, 6.45) is 3.19. The standard InChI is InChI=1S/C18H27NO2/c1-13-6-5-10-19(12-13)11-9-17(20)16-7-8-18(21-4)15(3)14(16)2/h7-8,13H,5-6,9-12H2,1-4H3. The molecule has 1 aromatic rings. The van der Waals surface area contributed by atoms with Gasteiger partial charge in [-0.05, 0) is 62.4 Å². The average Bonchev–Trinajstić information content (AvgIpc) is 2.47. The molecule has 21 heavy (non-hydrogen) atoms. The number of likely N-dealkylation sites (tertiary alicyclic amines) is 1. The number of carbonyl (C=O) groups excluding carboxylic acids is 1. The number of methoxy groups -OCH3 is 1. The van der Waals surface area contributed by atoms with Crippen LogP contribution in [-0.4, -0.2) is 37.4 Å². The van der Waals surface area contributed by atoms with Gasteiger partial charge in [-0.1, -0.05) is 6.92 Å². The minimum Gasteiger partial charge on any atom is -0.496 e. The van der Waals surface area contributed by atoms with Crippen LogP contribution in [0.4, 0.5) is 0 Å². The van der Waals surface area contributed by atoms with Gasteiger partial charge in [-0.15, -0.1) is 0 Å². The van der Waals surface area contributed by atoms with Crippen LogP contribution in [0.5, 0.6) is 5.75 Å². The molecule has 0 radical (unpaired) electrons. The fraction of sp³-hybridized carbons (Fsp3) is 0.611. The van der Waals surface area contributed by atoms with E-state index in [1.165, 1.54) is 12.8 Å². The fourth-order valence-corrected chi connectivity index (χ4v) is 3.20. The van der Waals surface area contributed by atoms with Crippen LogP contribution >= 0.6 is 0 Å². The van der Waals surface area contributed by atoms with Crippen molar-refractivity contribution in [1.82, 2.24) is 4.90 Å². The summed E-state index contributed by atoms with van der Waals surface area (Å²) in [4.78, 5) is 14.9. The molecule has 0 aliphatic carbocycles. The fourth-order valence-electron chi connectivity index (χ4n) is 3.20. The van der Waals surface area contributed by atoms with E-state index in [1.807, 2.05) is 26.0 Å². The Morgan fingerprint density at radius 3 is 2.76 bits per heavy atom. The van der Waals surface area contributed by atoms with Crippen LogP contribution in [0.3, 0.4) is 0 Å². The molecule has 0 aromatic heterocycles. The number of piperidine rings is 1. The van der Waals surface area contributed by atoms with Crippen molar-refractivity contribution in [3.63, 3.8) is 0 Å². The quantitative estimate of drug-likeness (QED) is 0.775.